The lowest BCUT2D eigenvalue weighted by atomic mass is 10.2. The van der Waals surface area contributed by atoms with Crippen molar-refractivity contribution in [3.8, 4) is 5.75 Å². The lowest BCUT2D eigenvalue weighted by Crippen LogP contribution is -2.16. The summed E-state index contributed by atoms with van der Waals surface area (Å²) in [7, 11) is 0. The molecule has 0 bridgehead atoms. The normalized spacial score (nSPS) is 10.8. The zero-order chi connectivity index (χ0) is 18.4. The largest absolute Gasteiger partial charge is 0.488 e. The van der Waals surface area contributed by atoms with Crippen molar-refractivity contribution < 1.29 is 9.53 Å². The molecular weight excluding hydrogens is 391 g/mol. The molecule has 0 saturated carbocycles. The number of amides is 1. The lowest BCUT2D eigenvalue weighted by molar-refractivity contribution is 0.0959. The third-order valence-electron chi connectivity index (χ3n) is 3.37. The van der Waals surface area contributed by atoms with Crippen molar-refractivity contribution in [1.82, 2.24) is 5.43 Å². The van der Waals surface area contributed by atoms with E-state index >= 15 is 0 Å². The topological polar surface area (TPSA) is 50.7 Å². The maximum Gasteiger partial charge on any atom is 0.281 e. The molecule has 1 heterocycles. The van der Waals surface area contributed by atoms with Crippen LogP contribution in [0.1, 0.15) is 20.8 Å². The Hall–Kier alpha value is -2.34. The molecule has 0 saturated heterocycles. The van der Waals surface area contributed by atoms with E-state index in [4.69, 9.17) is 27.9 Å². The van der Waals surface area contributed by atoms with Crippen LogP contribution in [0.5, 0.6) is 5.75 Å². The molecule has 1 aromatic heterocycles. The molecule has 0 atom stereocenters. The van der Waals surface area contributed by atoms with Crippen LogP contribution in [0, 0.1) is 0 Å². The highest BCUT2D eigenvalue weighted by Gasteiger charge is 2.06. The third-order valence-corrected chi connectivity index (χ3v) is 4.71. The second-order valence-corrected chi connectivity index (χ2v) is 7.10. The van der Waals surface area contributed by atoms with Crippen LogP contribution in [0.4, 0.5) is 0 Å². The van der Waals surface area contributed by atoms with Crippen LogP contribution in [0.25, 0.3) is 0 Å². The van der Waals surface area contributed by atoms with E-state index in [9.17, 15) is 4.79 Å². The van der Waals surface area contributed by atoms with Gasteiger partial charge in [-0.1, -0.05) is 41.4 Å². The lowest BCUT2D eigenvalue weighted by Gasteiger charge is -2.10. The number of halogens is 2. The van der Waals surface area contributed by atoms with E-state index in [0.717, 1.165) is 5.56 Å². The molecule has 1 N–H and O–H groups in total. The van der Waals surface area contributed by atoms with Crippen molar-refractivity contribution in [3.63, 3.8) is 0 Å². The molecule has 3 rings (SSSR count). The quantitative estimate of drug-likeness (QED) is 0.441. The first-order valence-corrected chi connectivity index (χ1v) is 9.29. The average Bonchev–Trinajstić information content (AvgIpc) is 3.16. The fraction of sp³-hybridized carbons (Fsp3) is 0.0526. The van der Waals surface area contributed by atoms with Gasteiger partial charge in [-0.25, -0.2) is 5.43 Å². The second kappa shape index (κ2) is 8.85. The molecule has 1 amide bonds. The molecule has 0 unspecified atom stereocenters. The van der Waals surface area contributed by atoms with E-state index in [1.54, 1.807) is 24.3 Å². The van der Waals surface area contributed by atoms with Crippen molar-refractivity contribution in [3.05, 3.63) is 86.0 Å². The first-order valence-electron chi connectivity index (χ1n) is 7.65. The minimum Gasteiger partial charge on any atom is -0.488 e. The number of benzene rings is 2. The van der Waals surface area contributed by atoms with Crippen LogP contribution < -0.4 is 10.2 Å². The molecule has 0 fully saturated rings. The fourth-order valence-corrected chi connectivity index (χ4v) is 3.17. The van der Waals surface area contributed by atoms with Gasteiger partial charge in [-0.15, -0.1) is 11.3 Å². The van der Waals surface area contributed by atoms with E-state index in [1.807, 2.05) is 35.7 Å². The minimum atomic E-state index is -0.264. The molecule has 0 aliphatic rings. The van der Waals surface area contributed by atoms with Crippen molar-refractivity contribution in [1.29, 1.82) is 0 Å². The highest BCUT2D eigenvalue weighted by Crippen LogP contribution is 2.23. The Kier molecular flexibility index (Phi) is 6.28. The van der Waals surface area contributed by atoms with Crippen LogP contribution in [-0.4, -0.2) is 12.1 Å². The van der Waals surface area contributed by atoms with Crippen LogP contribution in [0.2, 0.25) is 10.0 Å². The monoisotopic (exact) mass is 404 g/mol. The molecule has 26 heavy (non-hydrogen) atoms. The van der Waals surface area contributed by atoms with Crippen molar-refractivity contribution in [2.24, 2.45) is 5.10 Å². The molecule has 4 nitrogen and oxygen atoms in total. The molecule has 0 spiro atoms. The van der Waals surface area contributed by atoms with E-state index in [0.29, 0.717) is 32.8 Å². The molecule has 3 aromatic rings. The zero-order valence-corrected chi connectivity index (χ0v) is 15.8. The number of hydrogen-bond donors (Lipinski definition) is 1. The van der Waals surface area contributed by atoms with Gasteiger partial charge in [-0.2, -0.15) is 5.10 Å². The van der Waals surface area contributed by atoms with E-state index in [2.05, 4.69) is 10.5 Å². The average molecular weight is 405 g/mol. The Morgan fingerprint density at radius 3 is 2.73 bits per heavy atom. The minimum absolute atomic E-state index is 0.264. The summed E-state index contributed by atoms with van der Waals surface area (Å²) in [6.45, 7) is 0.352. The summed E-state index contributed by atoms with van der Waals surface area (Å²) in [5.74, 6) is 0.336. The Balaban J connectivity index is 1.69. The maximum atomic E-state index is 11.9. The molecule has 132 valence electrons. The number of hydrazone groups is 1. The summed E-state index contributed by atoms with van der Waals surface area (Å²) in [5.41, 5.74) is 4.09. The molecule has 7 heteroatoms. The number of thiophene rings is 1. The van der Waals surface area contributed by atoms with Crippen LogP contribution >= 0.6 is 34.5 Å². The molecule has 0 radical (unpaired) electrons. The van der Waals surface area contributed by atoms with Gasteiger partial charge in [-0.05, 0) is 47.3 Å². The summed E-state index contributed by atoms with van der Waals surface area (Å²) >= 11 is 13.4. The second-order valence-electron chi connectivity index (χ2n) is 5.28. The van der Waals surface area contributed by atoms with Gasteiger partial charge >= 0.3 is 0 Å². The first kappa shape index (κ1) is 18.5. The van der Waals surface area contributed by atoms with Crippen LogP contribution in [-0.2, 0) is 6.61 Å². The smallest absolute Gasteiger partial charge is 0.281 e. The molecule has 0 aliphatic carbocycles. The van der Waals surface area contributed by atoms with Gasteiger partial charge in [0.25, 0.3) is 5.91 Å². The summed E-state index contributed by atoms with van der Waals surface area (Å²) in [4.78, 5) is 12.5. The Morgan fingerprint density at radius 2 is 1.96 bits per heavy atom. The van der Waals surface area contributed by atoms with Gasteiger partial charge in [0.1, 0.15) is 12.4 Å². The van der Waals surface area contributed by atoms with Crippen LogP contribution in [0.3, 0.4) is 0 Å². The Labute approximate surface area is 165 Å². The van der Waals surface area contributed by atoms with Crippen molar-refractivity contribution in [2.45, 2.75) is 6.61 Å². The third kappa shape index (κ3) is 5.08. The number of nitrogens with one attached hydrogen (secondary N) is 1. The Morgan fingerprint density at radius 1 is 1.12 bits per heavy atom. The number of nitrogens with zero attached hydrogens (tertiary/aromatic N) is 1. The maximum absolute atomic E-state index is 11.9. The fourth-order valence-electron chi connectivity index (χ4n) is 2.16. The summed E-state index contributed by atoms with van der Waals surface area (Å²) < 4.78 is 5.84. The SMILES string of the molecule is O=C(N/N=C\c1cc(Cl)ccc1OCc1cccc(Cl)c1)c1cccs1. The van der Waals surface area contributed by atoms with Gasteiger partial charge < -0.3 is 4.74 Å². The van der Waals surface area contributed by atoms with Gasteiger partial charge in [0.2, 0.25) is 0 Å². The molecular formula is C19H14Cl2N2O2S. The van der Waals surface area contributed by atoms with Gasteiger partial charge in [0.05, 0.1) is 11.1 Å². The number of hydrogen-bond acceptors (Lipinski definition) is 4. The van der Waals surface area contributed by atoms with E-state index in [1.165, 1.54) is 17.6 Å². The first-order chi connectivity index (χ1) is 12.6. The highest BCUT2D eigenvalue weighted by atomic mass is 35.5. The van der Waals surface area contributed by atoms with Crippen molar-refractivity contribution >= 4 is 46.7 Å². The summed E-state index contributed by atoms with van der Waals surface area (Å²) in [6, 6.07) is 16.2. The Bertz CT molecular complexity index is 927. The van der Waals surface area contributed by atoms with Crippen molar-refractivity contribution in [2.75, 3.05) is 0 Å². The van der Waals surface area contributed by atoms with Gasteiger partial charge in [-0.3, -0.25) is 4.79 Å². The van der Waals surface area contributed by atoms with E-state index < -0.39 is 0 Å². The van der Waals surface area contributed by atoms with Crippen LogP contribution in [0.15, 0.2) is 65.1 Å². The number of ether oxygens (including phenoxy) is 1. The number of rotatable bonds is 6. The molecule has 0 aliphatic heterocycles. The van der Waals surface area contributed by atoms with Gasteiger partial charge in [0.15, 0.2) is 0 Å². The van der Waals surface area contributed by atoms with E-state index in [-0.39, 0.29) is 5.91 Å². The number of carbonyl (C=O) groups is 1. The standard InChI is InChI=1S/C19H14Cl2N2O2S/c20-15-4-1-3-13(9-15)12-25-17-7-6-16(21)10-14(17)11-22-23-19(24)18-5-2-8-26-18/h1-11H,12H2,(H,23,24)/b22-11-. The number of carbonyl (C=O) groups excluding carboxylic acids is 1. The predicted molar refractivity (Wildman–Crippen MR) is 107 cm³/mol. The highest BCUT2D eigenvalue weighted by molar-refractivity contribution is 7.12. The van der Waals surface area contributed by atoms with Gasteiger partial charge in [0, 0.05) is 15.6 Å². The predicted octanol–water partition coefficient (Wildman–Crippen LogP) is 5.40. The molecule has 2 aromatic carbocycles. The zero-order valence-electron chi connectivity index (χ0n) is 13.5. The summed E-state index contributed by atoms with van der Waals surface area (Å²) in [5, 5.41) is 7.02. The summed E-state index contributed by atoms with van der Waals surface area (Å²) in [6.07, 6.45) is 1.50.